The Labute approximate surface area is 98.2 Å². The maximum absolute atomic E-state index is 11.8. The third kappa shape index (κ3) is 2.46. The van der Waals surface area contributed by atoms with Crippen molar-refractivity contribution in [3.05, 3.63) is 12.2 Å². The zero-order valence-corrected chi connectivity index (χ0v) is 9.42. The van der Waals surface area contributed by atoms with E-state index < -0.39 is 12.1 Å². The quantitative estimate of drug-likeness (QED) is 0.669. The first-order valence-corrected chi connectivity index (χ1v) is 5.44. The van der Waals surface area contributed by atoms with Crippen LogP contribution in [0.5, 0.6) is 0 Å². The summed E-state index contributed by atoms with van der Waals surface area (Å²) in [6.07, 6.45) is 2.14. The molecule has 17 heavy (non-hydrogen) atoms. The van der Waals surface area contributed by atoms with Gasteiger partial charge in [0.15, 0.2) is 0 Å². The highest BCUT2D eigenvalue weighted by Gasteiger charge is 2.32. The molecule has 0 unspecified atom stereocenters. The molecule has 0 N–H and O–H groups in total. The van der Waals surface area contributed by atoms with Gasteiger partial charge in [-0.1, -0.05) is 6.92 Å². The molecule has 6 nitrogen and oxygen atoms in total. The number of esters is 1. The van der Waals surface area contributed by atoms with Crippen LogP contribution in [-0.2, 0) is 19.1 Å². The summed E-state index contributed by atoms with van der Waals surface area (Å²) in [7, 11) is 0. The van der Waals surface area contributed by atoms with Crippen LogP contribution in [0, 0.1) is 5.92 Å². The number of nitrogens with zero attached hydrogens (tertiary/aromatic N) is 1. The first-order chi connectivity index (χ1) is 8.08. The molecule has 2 amide bonds. The average Bonchev–Trinajstić information content (AvgIpc) is 2.86. The van der Waals surface area contributed by atoms with Gasteiger partial charge in [0.2, 0.25) is 5.91 Å². The van der Waals surface area contributed by atoms with Gasteiger partial charge in [-0.2, -0.15) is 0 Å². The molecule has 0 bridgehead atoms. The molecule has 1 saturated heterocycles. The van der Waals surface area contributed by atoms with Crippen LogP contribution in [0.3, 0.4) is 0 Å². The number of imide groups is 1. The smallest absolute Gasteiger partial charge is 0.416 e. The number of cyclic esters (lactones) is 2. The lowest BCUT2D eigenvalue weighted by Crippen LogP contribution is -2.34. The molecule has 2 atom stereocenters. The Morgan fingerprint density at radius 1 is 1.59 bits per heavy atom. The van der Waals surface area contributed by atoms with Gasteiger partial charge in [0.1, 0.15) is 12.7 Å². The van der Waals surface area contributed by atoms with Crippen molar-refractivity contribution in [2.24, 2.45) is 5.92 Å². The summed E-state index contributed by atoms with van der Waals surface area (Å²) in [6.45, 7) is 2.34. The molecule has 2 rings (SSSR count). The van der Waals surface area contributed by atoms with Crippen molar-refractivity contribution < 1.29 is 23.9 Å². The molecular weight excluding hydrogens is 226 g/mol. The summed E-state index contributed by atoms with van der Waals surface area (Å²) >= 11 is 0. The predicted molar refractivity (Wildman–Crippen MR) is 55.9 cm³/mol. The SMILES string of the molecule is C[C@@H](CC(=O)N1CCOC1=O)[C@H]1C=CC(=O)O1. The fourth-order valence-corrected chi connectivity index (χ4v) is 1.81. The van der Waals surface area contributed by atoms with E-state index in [-0.39, 0.29) is 31.0 Å². The van der Waals surface area contributed by atoms with Crippen LogP contribution in [0.4, 0.5) is 4.79 Å². The summed E-state index contributed by atoms with van der Waals surface area (Å²) in [5.41, 5.74) is 0. The first-order valence-electron chi connectivity index (χ1n) is 5.44. The maximum Gasteiger partial charge on any atom is 0.416 e. The van der Waals surface area contributed by atoms with Crippen molar-refractivity contribution in [3.8, 4) is 0 Å². The second kappa shape index (κ2) is 4.57. The van der Waals surface area contributed by atoms with Crippen molar-refractivity contribution in [2.75, 3.05) is 13.2 Å². The average molecular weight is 239 g/mol. The Kier molecular flexibility index (Phi) is 3.12. The minimum atomic E-state index is -0.596. The van der Waals surface area contributed by atoms with Crippen molar-refractivity contribution in [1.29, 1.82) is 0 Å². The molecule has 2 aliphatic rings. The minimum absolute atomic E-state index is 0.150. The van der Waals surface area contributed by atoms with Gasteiger partial charge in [-0.25, -0.2) is 14.5 Å². The Morgan fingerprint density at radius 3 is 2.88 bits per heavy atom. The number of amides is 2. The normalized spacial score (nSPS) is 24.8. The zero-order chi connectivity index (χ0) is 12.4. The Balaban J connectivity index is 1.88. The van der Waals surface area contributed by atoms with Gasteiger partial charge in [-0.05, 0) is 6.08 Å². The standard InChI is InChI=1S/C11H13NO5/c1-7(8-2-3-10(14)17-8)6-9(13)12-4-5-16-11(12)15/h2-3,7-8H,4-6H2,1H3/t7-,8+/m0/s1. The van der Waals surface area contributed by atoms with Gasteiger partial charge in [0, 0.05) is 18.4 Å². The summed E-state index contributed by atoms with van der Waals surface area (Å²) in [5.74, 6) is -0.843. The summed E-state index contributed by atoms with van der Waals surface area (Å²) < 4.78 is 9.65. The molecule has 0 saturated carbocycles. The number of hydrogen-bond acceptors (Lipinski definition) is 5. The van der Waals surface area contributed by atoms with E-state index in [0.29, 0.717) is 6.54 Å². The minimum Gasteiger partial charge on any atom is -0.455 e. The molecule has 0 radical (unpaired) electrons. The van der Waals surface area contributed by atoms with Crippen LogP contribution in [0.2, 0.25) is 0 Å². The summed E-state index contributed by atoms with van der Waals surface area (Å²) in [4.78, 5) is 34.9. The van der Waals surface area contributed by atoms with Crippen LogP contribution in [0.15, 0.2) is 12.2 Å². The molecule has 0 spiro atoms. The van der Waals surface area contributed by atoms with Crippen LogP contribution in [0.1, 0.15) is 13.3 Å². The molecule has 0 aromatic rings. The van der Waals surface area contributed by atoms with Crippen molar-refractivity contribution in [3.63, 3.8) is 0 Å². The largest absolute Gasteiger partial charge is 0.455 e. The molecular formula is C11H13NO5. The fraction of sp³-hybridized carbons (Fsp3) is 0.545. The van der Waals surface area contributed by atoms with Crippen LogP contribution in [-0.4, -0.2) is 42.1 Å². The van der Waals surface area contributed by atoms with Crippen molar-refractivity contribution >= 4 is 18.0 Å². The highest BCUT2D eigenvalue weighted by Crippen LogP contribution is 2.20. The molecule has 2 heterocycles. The second-order valence-electron chi connectivity index (χ2n) is 4.10. The van der Waals surface area contributed by atoms with Crippen LogP contribution >= 0.6 is 0 Å². The number of carbonyl (C=O) groups is 3. The number of ether oxygens (including phenoxy) is 2. The van der Waals surface area contributed by atoms with Gasteiger partial charge in [0.05, 0.1) is 6.54 Å². The number of rotatable bonds is 3. The molecule has 92 valence electrons. The molecule has 0 aromatic heterocycles. The monoisotopic (exact) mass is 239 g/mol. The van der Waals surface area contributed by atoms with E-state index in [2.05, 4.69) is 4.74 Å². The van der Waals surface area contributed by atoms with Gasteiger partial charge in [-0.15, -0.1) is 0 Å². The Bertz CT molecular complexity index is 389. The van der Waals surface area contributed by atoms with Crippen LogP contribution in [0.25, 0.3) is 0 Å². The number of hydrogen-bond donors (Lipinski definition) is 0. The van der Waals surface area contributed by atoms with Crippen molar-refractivity contribution in [2.45, 2.75) is 19.4 Å². The van der Waals surface area contributed by atoms with Gasteiger partial charge in [0.25, 0.3) is 0 Å². The molecule has 1 fully saturated rings. The van der Waals surface area contributed by atoms with E-state index >= 15 is 0 Å². The lowest BCUT2D eigenvalue weighted by molar-refractivity contribution is -0.142. The topological polar surface area (TPSA) is 72.9 Å². The van der Waals surface area contributed by atoms with E-state index in [0.717, 1.165) is 4.90 Å². The zero-order valence-electron chi connectivity index (χ0n) is 9.42. The van der Waals surface area contributed by atoms with E-state index in [4.69, 9.17) is 4.74 Å². The van der Waals surface area contributed by atoms with E-state index in [1.165, 1.54) is 6.08 Å². The Morgan fingerprint density at radius 2 is 2.35 bits per heavy atom. The summed E-state index contributed by atoms with van der Waals surface area (Å²) in [6, 6.07) is 0. The molecule has 0 aromatic carbocycles. The lowest BCUT2D eigenvalue weighted by atomic mass is 10.0. The van der Waals surface area contributed by atoms with E-state index in [1.54, 1.807) is 13.0 Å². The third-order valence-electron chi connectivity index (χ3n) is 2.79. The van der Waals surface area contributed by atoms with Gasteiger partial charge >= 0.3 is 12.1 Å². The van der Waals surface area contributed by atoms with Crippen molar-refractivity contribution in [1.82, 2.24) is 4.90 Å². The van der Waals surface area contributed by atoms with E-state index in [1.807, 2.05) is 0 Å². The highest BCUT2D eigenvalue weighted by atomic mass is 16.6. The highest BCUT2D eigenvalue weighted by molar-refractivity contribution is 5.93. The van der Waals surface area contributed by atoms with Gasteiger partial charge < -0.3 is 9.47 Å². The lowest BCUT2D eigenvalue weighted by Gasteiger charge is -2.18. The molecule has 6 heteroatoms. The molecule has 2 aliphatic heterocycles. The molecule has 0 aliphatic carbocycles. The fourth-order valence-electron chi connectivity index (χ4n) is 1.81. The predicted octanol–water partition coefficient (Wildman–Crippen LogP) is 0.473. The first kappa shape index (κ1) is 11.6. The second-order valence-corrected chi connectivity index (χ2v) is 4.10. The Hall–Kier alpha value is -1.85. The number of carbonyl (C=O) groups excluding carboxylic acids is 3. The van der Waals surface area contributed by atoms with E-state index in [9.17, 15) is 14.4 Å². The maximum atomic E-state index is 11.8. The third-order valence-corrected chi connectivity index (χ3v) is 2.79. The summed E-state index contributed by atoms with van der Waals surface area (Å²) in [5, 5.41) is 0. The van der Waals surface area contributed by atoms with Gasteiger partial charge in [-0.3, -0.25) is 4.79 Å². The van der Waals surface area contributed by atoms with Crippen LogP contribution < -0.4 is 0 Å².